The third-order valence-corrected chi connectivity index (χ3v) is 1.67. The number of aliphatic hydroxyl groups is 1. The molecule has 0 spiro atoms. The van der Waals surface area contributed by atoms with E-state index in [-0.39, 0.29) is 6.61 Å². The van der Waals surface area contributed by atoms with E-state index in [1.807, 2.05) is 25.8 Å². The van der Waals surface area contributed by atoms with Crippen molar-refractivity contribution in [3.05, 3.63) is 18.2 Å². The van der Waals surface area contributed by atoms with Crippen molar-refractivity contribution in [3.8, 4) is 0 Å². The molecule has 0 aliphatic heterocycles. The summed E-state index contributed by atoms with van der Waals surface area (Å²) in [5.74, 6) is 0.912. The van der Waals surface area contributed by atoms with E-state index >= 15 is 0 Å². The van der Waals surface area contributed by atoms with Crippen LogP contribution in [0.3, 0.4) is 0 Å². The fraction of sp³-hybridized carbons (Fsp3) is 0.625. The zero-order chi connectivity index (χ0) is 10.8. The van der Waals surface area contributed by atoms with Crippen LogP contribution in [0.1, 0.15) is 5.82 Å². The van der Waals surface area contributed by atoms with Crippen molar-refractivity contribution < 1.29 is 24.9 Å². The number of nitrogens with zero attached hydrogens (tertiary/aromatic N) is 2. The molecule has 0 saturated carbocycles. The van der Waals surface area contributed by atoms with Crippen LogP contribution in [0.2, 0.25) is 0 Å². The normalized spacial score (nSPS) is 9.43. The van der Waals surface area contributed by atoms with Crippen LogP contribution >= 0.6 is 19.7 Å². The molecule has 0 aromatic carbocycles. The Labute approximate surface area is 105 Å². The maximum absolute atomic E-state index is 8.70. The number of rotatable bonds is 5. The molecule has 1 N–H and O–H groups in total. The molecule has 0 fully saturated rings. The second kappa shape index (κ2) is 10.0. The first-order valence-electron chi connectivity index (χ1n) is 4.11. The summed E-state index contributed by atoms with van der Waals surface area (Å²) in [5.41, 5.74) is 0. The van der Waals surface area contributed by atoms with E-state index < -0.39 is 0 Å². The first-order chi connectivity index (χ1) is 6.88. The van der Waals surface area contributed by atoms with Gasteiger partial charge in [-0.05, 0) is 0 Å². The number of ether oxygens (including phenoxy) is 1. The van der Waals surface area contributed by atoms with Crippen molar-refractivity contribution in [2.45, 2.75) is 13.0 Å². The molecule has 6 heteroatoms. The van der Waals surface area contributed by atoms with Crippen LogP contribution < -0.4 is 0 Å². The van der Waals surface area contributed by atoms with Crippen molar-refractivity contribution in [2.24, 2.45) is 0 Å². The van der Waals surface area contributed by atoms with Gasteiger partial charge in [-0.2, -0.15) is 0 Å². The standard InChI is InChI=1S/C8H14N2O2.HI.Os/c1-12-7-5-10-4-3-9-8(10)2-6-11;;/h3-4,11H,2,5-7H2,1H3;1H;/q;;+1/p-1. The van der Waals surface area contributed by atoms with E-state index in [9.17, 15) is 0 Å². The minimum absolute atomic E-state index is 0.143. The van der Waals surface area contributed by atoms with E-state index in [4.69, 9.17) is 9.84 Å². The Hall–Kier alpha value is 0.496. The number of halogens is 1. The summed E-state index contributed by atoms with van der Waals surface area (Å²) in [6, 6.07) is 0. The Morgan fingerprint density at radius 2 is 2.36 bits per heavy atom. The van der Waals surface area contributed by atoms with E-state index in [1.54, 1.807) is 13.3 Å². The molecule has 83 valence electrons. The number of aliphatic hydroxyl groups excluding tert-OH is 1. The number of imidazole rings is 1. The molecular formula is C8H14IN2O2Os. The molecule has 0 aliphatic carbocycles. The summed E-state index contributed by atoms with van der Waals surface area (Å²) >= 11 is 4.01. The van der Waals surface area contributed by atoms with Crippen LogP contribution in [0.15, 0.2) is 12.4 Å². The van der Waals surface area contributed by atoms with Gasteiger partial charge in [0.25, 0.3) is 0 Å². The Balaban J connectivity index is 0.000000791. The monoisotopic (exact) mass is 489 g/mol. The second-order valence-corrected chi connectivity index (χ2v) is 2.50. The molecule has 0 unspecified atom stereocenters. The molecule has 1 rings (SSSR count). The second-order valence-electron chi connectivity index (χ2n) is 2.50. The average molecular weight is 487 g/mol. The van der Waals surface area contributed by atoms with E-state index in [0.717, 1.165) is 12.4 Å². The molecule has 0 amide bonds. The number of hydrogen-bond acceptors (Lipinski definition) is 3. The van der Waals surface area contributed by atoms with Gasteiger partial charge < -0.3 is 14.4 Å². The van der Waals surface area contributed by atoms with E-state index in [2.05, 4.69) is 24.7 Å². The van der Waals surface area contributed by atoms with Gasteiger partial charge in [-0.15, -0.1) is 0 Å². The van der Waals surface area contributed by atoms with Gasteiger partial charge in [0.1, 0.15) is 5.82 Å². The van der Waals surface area contributed by atoms with Crippen molar-refractivity contribution in [3.63, 3.8) is 0 Å². The summed E-state index contributed by atoms with van der Waals surface area (Å²) in [5, 5.41) is 8.70. The Bertz CT molecular complexity index is 233. The zero-order valence-corrected chi connectivity index (χ0v) is 12.7. The first-order valence-corrected chi connectivity index (χ1v) is 11.3. The molecular weight excluding hydrogens is 473 g/mol. The summed E-state index contributed by atoms with van der Waals surface area (Å²) < 4.78 is 6.92. The fourth-order valence-corrected chi connectivity index (χ4v) is 1.06. The molecule has 0 aliphatic rings. The van der Waals surface area contributed by atoms with Crippen LogP contribution in [-0.2, 0) is 32.8 Å². The molecule has 0 bridgehead atoms. The van der Waals surface area contributed by atoms with Crippen LogP contribution in [0.25, 0.3) is 0 Å². The SMILES string of the molecule is COCCn1ccnc1CCO.[I][Os]. The predicted molar refractivity (Wildman–Crippen MR) is 58.9 cm³/mol. The van der Waals surface area contributed by atoms with Gasteiger partial charge in [0.2, 0.25) is 0 Å². The molecule has 1 aromatic heterocycles. The Kier molecular flexibility index (Phi) is 10.4. The van der Waals surface area contributed by atoms with Crippen molar-refractivity contribution in [1.82, 2.24) is 9.55 Å². The predicted octanol–water partition coefficient (Wildman–Crippen LogP) is 0.948. The van der Waals surface area contributed by atoms with E-state index in [0.29, 0.717) is 13.0 Å². The third kappa shape index (κ3) is 5.40. The first kappa shape index (κ1) is 14.5. The zero-order valence-electron chi connectivity index (χ0n) is 7.96. The van der Waals surface area contributed by atoms with Crippen LogP contribution in [-0.4, -0.2) is 35.0 Å². The quantitative estimate of drug-likeness (QED) is 0.630. The van der Waals surface area contributed by atoms with Gasteiger partial charge in [-0.1, -0.05) is 0 Å². The molecule has 1 heterocycles. The van der Waals surface area contributed by atoms with Gasteiger partial charge >= 0.3 is 34.7 Å². The summed E-state index contributed by atoms with van der Waals surface area (Å²) in [6.45, 7) is 1.62. The van der Waals surface area contributed by atoms with Gasteiger partial charge in [0.15, 0.2) is 0 Å². The Morgan fingerprint density at radius 1 is 1.64 bits per heavy atom. The number of methoxy groups -OCH3 is 1. The van der Waals surface area contributed by atoms with E-state index in [1.165, 1.54) is 0 Å². The molecule has 0 atom stereocenters. The average Bonchev–Trinajstić information content (AvgIpc) is 2.66. The van der Waals surface area contributed by atoms with Crippen molar-refractivity contribution >= 4 is 19.7 Å². The van der Waals surface area contributed by atoms with Crippen molar-refractivity contribution in [1.29, 1.82) is 0 Å². The van der Waals surface area contributed by atoms with Crippen LogP contribution in [0, 0.1) is 0 Å². The molecule has 4 nitrogen and oxygen atoms in total. The molecule has 0 saturated heterocycles. The summed E-state index contributed by atoms with van der Waals surface area (Å²) in [4.78, 5) is 4.11. The fourth-order valence-electron chi connectivity index (χ4n) is 1.06. The summed E-state index contributed by atoms with van der Waals surface area (Å²) in [7, 11) is 1.67. The number of hydrogen-bond donors (Lipinski definition) is 1. The topological polar surface area (TPSA) is 47.3 Å². The Morgan fingerprint density at radius 3 is 2.93 bits per heavy atom. The molecule has 0 radical (unpaired) electrons. The third-order valence-electron chi connectivity index (χ3n) is 1.67. The van der Waals surface area contributed by atoms with Gasteiger partial charge in [0.05, 0.1) is 13.2 Å². The van der Waals surface area contributed by atoms with Gasteiger partial charge in [0, 0.05) is 32.5 Å². The molecule has 14 heavy (non-hydrogen) atoms. The number of aromatic nitrogens is 2. The van der Waals surface area contributed by atoms with Gasteiger partial charge in [-0.25, -0.2) is 4.98 Å². The van der Waals surface area contributed by atoms with Crippen LogP contribution in [0.4, 0.5) is 0 Å². The summed E-state index contributed by atoms with van der Waals surface area (Å²) in [6.07, 6.45) is 4.24. The maximum atomic E-state index is 8.70. The van der Waals surface area contributed by atoms with Crippen LogP contribution in [0.5, 0.6) is 0 Å². The molecule has 1 aromatic rings. The minimum atomic E-state index is 0.143. The van der Waals surface area contributed by atoms with Gasteiger partial charge in [-0.3, -0.25) is 0 Å². The van der Waals surface area contributed by atoms with Crippen molar-refractivity contribution in [2.75, 3.05) is 20.3 Å².